The van der Waals surface area contributed by atoms with Gasteiger partial charge in [0.25, 0.3) is 5.91 Å². The van der Waals surface area contributed by atoms with Gasteiger partial charge in [0.15, 0.2) is 0 Å². The van der Waals surface area contributed by atoms with E-state index < -0.39 is 5.91 Å². The van der Waals surface area contributed by atoms with E-state index in [9.17, 15) is 4.79 Å². The Morgan fingerprint density at radius 3 is 2.95 bits per heavy atom. The van der Waals surface area contributed by atoms with Crippen LogP contribution in [0.2, 0.25) is 0 Å². The Morgan fingerprint density at radius 2 is 2.21 bits per heavy atom. The number of fused-ring (bicyclic) bond motifs is 1. The summed E-state index contributed by atoms with van der Waals surface area (Å²) in [7, 11) is 0. The number of carbonyl (C=O) groups excluding carboxylic acids is 1. The Kier molecular flexibility index (Phi) is 2.97. The first-order valence-corrected chi connectivity index (χ1v) is 6.61. The molecule has 94 valence electrons. The zero-order valence-electron chi connectivity index (χ0n) is 10.0. The zero-order valence-corrected chi connectivity index (χ0v) is 10.9. The molecule has 0 saturated heterocycles. The fourth-order valence-electron chi connectivity index (χ4n) is 1.91. The number of nitrogens with two attached hydrogens (primary N) is 1. The fraction of sp³-hybridized carbons (Fsp3) is 0.0714. The summed E-state index contributed by atoms with van der Waals surface area (Å²) in [5.74, 6) is -0.496. The minimum absolute atomic E-state index is 0.308. The second-order valence-corrected chi connectivity index (χ2v) is 5.39. The van der Waals surface area contributed by atoms with Crippen molar-refractivity contribution in [2.45, 2.75) is 6.42 Å². The van der Waals surface area contributed by atoms with Crippen LogP contribution in [0.5, 0.6) is 0 Å². The first-order valence-electron chi connectivity index (χ1n) is 5.79. The van der Waals surface area contributed by atoms with Crippen LogP contribution in [0.3, 0.4) is 0 Å². The third-order valence-corrected chi connectivity index (χ3v) is 3.90. The van der Waals surface area contributed by atoms with Gasteiger partial charge in [0, 0.05) is 40.0 Å². The van der Waals surface area contributed by atoms with E-state index in [-0.39, 0.29) is 0 Å². The van der Waals surface area contributed by atoms with Crippen molar-refractivity contribution in [3.8, 4) is 0 Å². The Bertz CT molecular complexity index is 737. The molecule has 1 amide bonds. The molecule has 0 radical (unpaired) electrons. The number of nitrogens with zero attached hydrogens (tertiary/aromatic N) is 2. The van der Waals surface area contributed by atoms with Gasteiger partial charge < -0.3 is 5.73 Å². The monoisotopic (exact) mass is 269 g/mol. The van der Waals surface area contributed by atoms with E-state index in [4.69, 9.17) is 5.73 Å². The highest BCUT2D eigenvalue weighted by atomic mass is 32.1. The van der Waals surface area contributed by atoms with Gasteiger partial charge in [0.1, 0.15) is 5.69 Å². The predicted octanol–water partition coefficient (Wildman–Crippen LogP) is 2.38. The third kappa shape index (κ3) is 2.46. The van der Waals surface area contributed by atoms with Crippen LogP contribution in [0.4, 0.5) is 0 Å². The van der Waals surface area contributed by atoms with Gasteiger partial charge in [-0.25, -0.2) is 0 Å². The van der Waals surface area contributed by atoms with E-state index in [0.717, 1.165) is 22.1 Å². The lowest BCUT2D eigenvalue weighted by Gasteiger charge is -1.95. The number of carbonyl (C=O) groups is 1. The van der Waals surface area contributed by atoms with E-state index in [1.54, 1.807) is 29.8 Å². The molecule has 3 aromatic rings. The number of hydrogen-bond acceptors (Lipinski definition) is 4. The number of primary amides is 1. The summed E-state index contributed by atoms with van der Waals surface area (Å²) in [4.78, 5) is 20.5. The summed E-state index contributed by atoms with van der Waals surface area (Å²) in [5, 5.41) is 1.04. The van der Waals surface area contributed by atoms with Crippen LogP contribution in [0.15, 0.2) is 42.9 Å². The van der Waals surface area contributed by atoms with Crippen LogP contribution in [0.25, 0.3) is 10.1 Å². The van der Waals surface area contributed by atoms with Crippen LogP contribution in [-0.2, 0) is 6.42 Å². The first kappa shape index (κ1) is 11.8. The number of rotatable bonds is 3. The summed E-state index contributed by atoms with van der Waals surface area (Å²) in [5.41, 5.74) is 6.70. The van der Waals surface area contributed by atoms with Crippen molar-refractivity contribution in [3.63, 3.8) is 0 Å². The average molecular weight is 269 g/mol. The zero-order chi connectivity index (χ0) is 13.2. The second-order valence-electron chi connectivity index (χ2n) is 4.22. The molecule has 5 heteroatoms. The summed E-state index contributed by atoms with van der Waals surface area (Å²) in [6, 6.07) is 7.81. The topological polar surface area (TPSA) is 68.9 Å². The molecular weight excluding hydrogens is 258 g/mol. The predicted molar refractivity (Wildman–Crippen MR) is 75.2 cm³/mol. The lowest BCUT2D eigenvalue weighted by atomic mass is 10.2. The van der Waals surface area contributed by atoms with Gasteiger partial charge in [-0.2, -0.15) is 0 Å². The molecule has 4 nitrogen and oxygen atoms in total. The van der Waals surface area contributed by atoms with Crippen LogP contribution >= 0.6 is 11.3 Å². The molecule has 0 aromatic carbocycles. The van der Waals surface area contributed by atoms with Gasteiger partial charge in [-0.3, -0.25) is 14.8 Å². The maximum Gasteiger partial charge on any atom is 0.267 e. The highest BCUT2D eigenvalue weighted by Gasteiger charge is 2.07. The van der Waals surface area contributed by atoms with E-state index in [2.05, 4.69) is 16.0 Å². The van der Waals surface area contributed by atoms with Gasteiger partial charge in [-0.1, -0.05) is 6.07 Å². The van der Waals surface area contributed by atoms with Gasteiger partial charge in [0.05, 0.1) is 0 Å². The van der Waals surface area contributed by atoms with E-state index in [1.807, 2.05) is 18.3 Å². The molecule has 3 heterocycles. The molecule has 2 N–H and O–H groups in total. The largest absolute Gasteiger partial charge is 0.364 e. The Morgan fingerprint density at radius 1 is 1.32 bits per heavy atom. The minimum atomic E-state index is -0.496. The molecule has 0 atom stereocenters. The van der Waals surface area contributed by atoms with Gasteiger partial charge in [-0.05, 0) is 23.8 Å². The number of amides is 1. The van der Waals surface area contributed by atoms with E-state index in [0.29, 0.717) is 5.69 Å². The molecule has 0 bridgehead atoms. The summed E-state index contributed by atoms with van der Waals surface area (Å²) in [6.07, 6.45) is 6.15. The van der Waals surface area contributed by atoms with E-state index >= 15 is 0 Å². The van der Waals surface area contributed by atoms with Crippen molar-refractivity contribution < 1.29 is 4.79 Å². The van der Waals surface area contributed by atoms with Crippen molar-refractivity contribution in [1.29, 1.82) is 0 Å². The minimum Gasteiger partial charge on any atom is -0.364 e. The van der Waals surface area contributed by atoms with Crippen molar-refractivity contribution in [2.75, 3.05) is 0 Å². The smallest absolute Gasteiger partial charge is 0.267 e. The molecule has 0 saturated carbocycles. The second kappa shape index (κ2) is 4.78. The highest BCUT2D eigenvalue weighted by Crippen LogP contribution is 2.27. The van der Waals surface area contributed by atoms with Crippen molar-refractivity contribution in [2.24, 2.45) is 5.73 Å². The molecule has 0 unspecified atom stereocenters. The number of thiophene rings is 1. The van der Waals surface area contributed by atoms with E-state index in [1.165, 1.54) is 4.88 Å². The Labute approximate surface area is 113 Å². The third-order valence-electron chi connectivity index (χ3n) is 2.81. The summed E-state index contributed by atoms with van der Waals surface area (Å²) >= 11 is 1.65. The van der Waals surface area contributed by atoms with Gasteiger partial charge >= 0.3 is 0 Å². The Hall–Kier alpha value is -2.27. The Balaban J connectivity index is 1.95. The van der Waals surface area contributed by atoms with Crippen LogP contribution in [-0.4, -0.2) is 15.9 Å². The number of aromatic nitrogens is 2. The maximum absolute atomic E-state index is 11.1. The highest BCUT2D eigenvalue weighted by molar-refractivity contribution is 7.19. The molecule has 0 aliphatic rings. The van der Waals surface area contributed by atoms with Crippen molar-refractivity contribution in [3.05, 3.63) is 59.0 Å². The summed E-state index contributed by atoms with van der Waals surface area (Å²) < 4.78 is 1.03. The molecular formula is C14H11N3OS. The van der Waals surface area contributed by atoms with Crippen LogP contribution in [0.1, 0.15) is 20.9 Å². The lowest BCUT2D eigenvalue weighted by Crippen LogP contribution is -2.12. The molecule has 0 aliphatic heterocycles. The standard InChI is InChI=1S/C14H11N3OS/c15-14(18)12-6-13-10(8-17-12)5-11(19-13)4-9-2-1-3-16-7-9/h1-3,5-8H,4H2,(H2,15,18). The lowest BCUT2D eigenvalue weighted by molar-refractivity contribution is 0.0996. The number of hydrogen-bond donors (Lipinski definition) is 1. The molecule has 0 fully saturated rings. The van der Waals surface area contributed by atoms with Gasteiger partial charge in [-0.15, -0.1) is 11.3 Å². The quantitative estimate of drug-likeness (QED) is 0.793. The molecule has 3 rings (SSSR count). The number of pyridine rings is 2. The molecule has 0 aliphatic carbocycles. The SMILES string of the molecule is NC(=O)c1cc2sc(Cc3cccnc3)cc2cn1. The average Bonchev–Trinajstić information content (AvgIpc) is 2.80. The van der Waals surface area contributed by atoms with Gasteiger partial charge in [0.2, 0.25) is 0 Å². The molecule has 0 spiro atoms. The molecule has 3 aromatic heterocycles. The molecule has 19 heavy (non-hydrogen) atoms. The van der Waals surface area contributed by atoms with Crippen LogP contribution in [0, 0.1) is 0 Å². The maximum atomic E-state index is 11.1. The first-order chi connectivity index (χ1) is 9.22. The fourth-order valence-corrected chi connectivity index (χ4v) is 3.02. The van der Waals surface area contributed by atoms with Crippen LogP contribution < -0.4 is 5.73 Å². The van der Waals surface area contributed by atoms with Crippen molar-refractivity contribution >= 4 is 27.3 Å². The summed E-state index contributed by atoms with van der Waals surface area (Å²) in [6.45, 7) is 0. The normalized spacial score (nSPS) is 10.7. The van der Waals surface area contributed by atoms with Crippen molar-refractivity contribution in [1.82, 2.24) is 9.97 Å².